The monoisotopic (exact) mass is 493 g/mol. The first-order valence-corrected chi connectivity index (χ1v) is 13.0. The van der Waals surface area contributed by atoms with Gasteiger partial charge >= 0.3 is 0 Å². The van der Waals surface area contributed by atoms with Crippen LogP contribution in [0.3, 0.4) is 0 Å². The zero-order chi connectivity index (χ0) is 23.6. The third-order valence-electron chi connectivity index (χ3n) is 5.31. The van der Waals surface area contributed by atoms with Crippen LogP contribution in [0.1, 0.15) is 32.5 Å². The summed E-state index contributed by atoms with van der Waals surface area (Å²) in [6, 6.07) is 9.69. The lowest BCUT2D eigenvalue weighted by atomic mass is 10.1. The van der Waals surface area contributed by atoms with Crippen LogP contribution < -0.4 is 15.8 Å². The highest BCUT2D eigenvalue weighted by molar-refractivity contribution is 7.88. The molecule has 1 aliphatic heterocycles. The second-order valence-corrected chi connectivity index (χ2v) is 10.5. The SMILES string of the molecule is CS(=O)(=O)N1CCNCC1c1nn(C(=O)c2cccs2)c(OCc2ccc(CN)cc2)c1F. The minimum absolute atomic E-state index is 0.0106. The van der Waals surface area contributed by atoms with E-state index in [0.29, 0.717) is 18.0 Å². The van der Waals surface area contributed by atoms with E-state index in [2.05, 4.69) is 10.4 Å². The molecule has 3 heterocycles. The summed E-state index contributed by atoms with van der Waals surface area (Å²) in [5, 5.41) is 8.99. The molecule has 1 atom stereocenters. The number of nitrogens with one attached hydrogen (secondary N) is 1. The normalized spacial score (nSPS) is 17.2. The van der Waals surface area contributed by atoms with Crippen molar-refractivity contribution in [2.45, 2.75) is 19.2 Å². The molecule has 0 amide bonds. The van der Waals surface area contributed by atoms with E-state index < -0.39 is 27.8 Å². The van der Waals surface area contributed by atoms with Crippen LogP contribution in [0.25, 0.3) is 0 Å². The molecule has 176 valence electrons. The highest BCUT2D eigenvalue weighted by Crippen LogP contribution is 2.32. The number of hydrogen-bond donors (Lipinski definition) is 2. The van der Waals surface area contributed by atoms with Gasteiger partial charge in [-0.05, 0) is 22.6 Å². The first kappa shape index (κ1) is 23.5. The van der Waals surface area contributed by atoms with Crippen LogP contribution in [-0.4, -0.2) is 54.3 Å². The van der Waals surface area contributed by atoms with Gasteiger partial charge in [-0.2, -0.15) is 18.5 Å². The highest BCUT2D eigenvalue weighted by atomic mass is 32.2. The van der Waals surface area contributed by atoms with Crippen molar-refractivity contribution in [1.82, 2.24) is 19.4 Å². The standard InChI is InChI=1S/C21H24FN5O4S2/c1-33(29,30)26-9-8-24-12-16(26)19-18(22)21(27(25-19)20(28)17-3-2-10-32-17)31-13-15-6-4-14(11-23)5-7-15/h2-7,10,16,24H,8-9,11-13,23H2,1H3. The molecular formula is C21H24FN5O4S2. The molecular weight excluding hydrogens is 469 g/mol. The molecule has 4 rings (SSSR count). The van der Waals surface area contributed by atoms with E-state index in [1.54, 1.807) is 29.6 Å². The van der Waals surface area contributed by atoms with Crippen molar-refractivity contribution < 1.29 is 22.3 Å². The Hall–Kier alpha value is -2.64. The van der Waals surface area contributed by atoms with Gasteiger partial charge in [0.1, 0.15) is 12.3 Å². The fraction of sp³-hybridized carbons (Fsp3) is 0.333. The molecule has 12 heteroatoms. The summed E-state index contributed by atoms with van der Waals surface area (Å²) < 4.78 is 48.0. The zero-order valence-electron chi connectivity index (χ0n) is 17.9. The number of ether oxygens (including phenoxy) is 1. The lowest BCUT2D eigenvalue weighted by Gasteiger charge is -2.32. The second-order valence-electron chi connectivity index (χ2n) is 7.60. The fourth-order valence-electron chi connectivity index (χ4n) is 3.62. The van der Waals surface area contributed by atoms with Crippen LogP contribution in [0.2, 0.25) is 0 Å². The molecule has 1 unspecified atom stereocenters. The van der Waals surface area contributed by atoms with Crippen molar-refractivity contribution in [3.05, 3.63) is 69.3 Å². The van der Waals surface area contributed by atoms with E-state index >= 15 is 4.39 Å². The predicted molar refractivity (Wildman–Crippen MR) is 122 cm³/mol. The summed E-state index contributed by atoms with van der Waals surface area (Å²) in [4.78, 5) is 13.4. The number of piperazine rings is 1. The quantitative estimate of drug-likeness (QED) is 0.514. The number of aromatic nitrogens is 2. The van der Waals surface area contributed by atoms with E-state index in [0.717, 1.165) is 22.1 Å². The van der Waals surface area contributed by atoms with Crippen molar-refractivity contribution in [1.29, 1.82) is 0 Å². The van der Waals surface area contributed by atoms with Crippen molar-refractivity contribution >= 4 is 27.3 Å². The van der Waals surface area contributed by atoms with Gasteiger partial charge in [-0.1, -0.05) is 30.3 Å². The van der Waals surface area contributed by atoms with Crippen LogP contribution in [0.15, 0.2) is 41.8 Å². The number of hydrogen-bond acceptors (Lipinski definition) is 8. The third-order valence-corrected chi connectivity index (χ3v) is 7.45. The van der Waals surface area contributed by atoms with Crippen LogP contribution in [-0.2, 0) is 23.2 Å². The van der Waals surface area contributed by atoms with Gasteiger partial charge < -0.3 is 15.8 Å². The van der Waals surface area contributed by atoms with Crippen molar-refractivity contribution in [3.8, 4) is 5.88 Å². The topological polar surface area (TPSA) is 120 Å². The molecule has 9 nitrogen and oxygen atoms in total. The molecule has 33 heavy (non-hydrogen) atoms. The maximum Gasteiger partial charge on any atom is 0.291 e. The van der Waals surface area contributed by atoms with Crippen LogP contribution in [0, 0.1) is 5.82 Å². The van der Waals surface area contributed by atoms with Gasteiger partial charge in [-0.3, -0.25) is 4.79 Å². The third kappa shape index (κ3) is 4.99. The summed E-state index contributed by atoms with van der Waals surface area (Å²) in [5.41, 5.74) is 7.15. The van der Waals surface area contributed by atoms with Gasteiger partial charge in [0.2, 0.25) is 15.8 Å². The van der Waals surface area contributed by atoms with Gasteiger partial charge in [0.05, 0.1) is 17.2 Å². The molecule has 0 aliphatic carbocycles. The van der Waals surface area contributed by atoms with Gasteiger partial charge in [0, 0.05) is 26.2 Å². The summed E-state index contributed by atoms with van der Waals surface area (Å²) >= 11 is 1.19. The van der Waals surface area contributed by atoms with Crippen LogP contribution in [0.4, 0.5) is 4.39 Å². The zero-order valence-corrected chi connectivity index (χ0v) is 19.5. The van der Waals surface area contributed by atoms with E-state index in [-0.39, 0.29) is 31.3 Å². The number of halogens is 1. The Morgan fingerprint density at radius 3 is 2.67 bits per heavy atom. The average Bonchev–Trinajstić information content (AvgIpc) is 3.45. The summed E-state index contributed by atoms with van der Waals surface area (Å²) in [6.07, 6.45) is 1.07. The number of thiophene rings is 1. The number of nitrogens with zero attached hydrogens (tertiary/aromatic N) is 3. The number of carbonyl (C=O) groups excluding carboxylic acids is 1. The van der Waals surface area contributed by atoms with Gasteiger partial charge in [0.15, 0.2) is 0 Å². The maximum absolute atomic E-state index is 15.6. The van der Waals surface area contributed by atoms with Crippen LogP contribution >= 0.6 is 11.3 Å². The first-order valence-electron chi connectivity index (χ1n) is 10.2. The molecule has 1 saturated heterocycles. The molecule has 1 aliphatic rings. The first-order chi connectivity index (χ1) is 15.8. The molecule has 3 N–H and O–H groups in total. The van der Waals surface area contributed by atoms with E-state index in [1.807, 2.05) is 12.1 Å². The Labute approximate surface area is 195 Å². The Morgan fingerprint density at radius 2 is 2.03 bits per heavy atom. The second kappa shape index (κ2) is 9.69. The van der Waals surface area contributed by atoms with Crippen molar-refractivity contribution in [2.24, 2.45) is 5.73 Å². The smallest absolute Gasteiger partial charge is 0.291 e. The van der Waals surface area contributed by atoms with E-state index in [1.165, 1.54) is 15.6 Å². The number of carbonyl (C=O) groups is 1. The molecule has 0 radical (unpaired) electrons. The van der Waals surface area contributed by atoms with Crippen molar-refractivity contribution in [3.63, 3.8) is 0 Å². The largest absolute Gasteiger partial charge is 0.471 e. The predicted octanol–water partition coefficient (Wildman–Crippen LogP) is 1.72. The average molecular weight is 494 g/mol. The fourth-order valence-corrected chi connectivity index (χ4v) is 5.33. The molecule has 0 saturated carbocycles. The molecule has 0 spiro atoms. The molecule has 3 aromatic rings. The number of nitrogens with two attached hydrogens (primary N) is 1. The minimum atomic E-state index is -3.63. The van der Waals surface area contributed by atoms with Gasteiger partial charge in [0.25, 0.3) is 11.8 Å². The minimum Gasteiger partial charge on any atom is -0.471 e. The summed E-state index contributed by atoms with van der Waals surface area (Å²) in [7, 11) is -3.63. The lowest BCUT2D eigenvalue weighted by molar-refractivity contribution is 0.0929. The molecule has 1 fully saturated rings. The summed E-state index contributed by atoms with van der Waals surface area (Å²) in [6.45, 7) is 1.14. The number of rotatable bonds is 7. The number of sulfonamides is 1. The maximum atomic E-state index is 15.6. The Bertz CT molecular complexity index is 1230. The Balaban J connectivity index is 1.71. The molecule has 1 aromatic carbocycles. The molecule has 2 aromatic heterocycles. The molecule has 0 bridgehead atoms. The lowest BCUT2D eigenvalue weighted by Crippen LogP contribution is -2.48. The number of benzene rings is 1. The Kier molecular flexibility index (Phi) is 6.91. The van der Waals surface area contributed by atoms with Gasteiger partial charge in [-0.25, -0.2) is 8.42 Å². The van der Waals surface area contributed by atoms with Crippen LogP contribution in [0.5, 0.6) is 5.88 Å². The van der Waals surface area contributed by atoms with Crippen molar-refractivity contribution in [2.75, 3.05) is 25.9 Å². The van der Waals surface area contributed by atoms with E-state index in [9.17, 15) is 13.2 Å². The summed E-state index contributed by atoms with van der Waals surface area (Å²) in [5.74, 6) is -1.77. The highest BCUT2D eigenvalue weighted by Gasteiger charge is 2.37. The van der Waals surface area contributed by atoms with E-state index in [4.69, 9.17) is 10.5 Å². The van der Waals surface area contributed by atoms with Gasteiger partial charge in [-0.15, -0.1) is 11.3 Å². The Morgan fingerprint density at radius 1 is 1.30 bits per heavy atom.